The van der Waals surface area contributed by atoms with E-state index in [0.29, 0.717) is 12.5 Å². The maximum atomic E-state index is 12.4. The van der Waals surface area contributed by atoms with Crippen molar-refractivity contribution in [1.82, 2.24) is 20.4 Å². The number of rotatable bonds is 8. The summed E-state index contributed by atoms with van der Waals surface area (Å²) in [5.74, 6) is 0.770. The highest BCUT2D eigenvalue weighted by Crippen LogP contribution is 2.24. The monoisotopic (exact) mass is 398 g/mol. The van der Waals surface area contributed by atoms with Gasteiger partial charge in [0.05, 0.1) is 17.3 Å². The zero-order valence-electron chi connectivity index (χ0n) is 15.9. The molecule has 0 aliphatic carbocycles. The van der Waals surface area contributed by atoms with Gasteiger partial charge >= 0.3 is 0 Å². The molecule has 0 spiro atoms. The van der Waals surface area contributed by atoms with E-state index in [4.69, 9.17) is 0 Å². The topological polar surface area (TPSA) is 75.2 Å². The van der Waals surface area contributed by atoms with Crippen molar-refractivity contribution < 1.29 is 9.59 Å². The van der Waals surface area contributed by atoms with Crippen molar-refractivity contribution in [3.05, 3.63) is 52.5 Å². The van der Waals surface area contributed by atoms with Crippen LogP contribution in [0.1, 0.15) is 47.3 Å². The molecule has 1 aliphatic rings. The van der Waals surface area contributed by atoms with E-state index < -0.39 is 0 Å². The number of carbonyl (C=O) groups excluding carboxylic acids is 2. The zero-order valence-corrected chi connectivity index (χ0v) is 16.7. The summed E-state index contributed by atoms with van der Waals surface area (Å²) in [4.78, 5) is 27.0. The van der Waals surface area contributed by atoms with E-state index in [2.05, 4.69) is 15.5 Å². The third-order valence-corrected chi connectivity index (χ3v) is 5.86. The van der Waals surface area contributed by atoms with Crippen LogP contribution in [0.5, 0.6) is 0 Å². The average molecular weight is 399 g/mol. The first-order chi connectivity index (χ1) is 13.7. The van der Waals surface area contributed by atoms with Crippen LogP contribution < -0.4 is 5.32 Å². The van der Waals surface area contributed by atoms with Crippen LogP contribution >= 0.6 is 11.3 Å². The van der Waals surface area contributed by atoms with Crippen LogP contribution in [-0.2, 0) is 4.79 Å². The molecule has 1 saturated heterocycles. The number of piperidine rings is 1. The summed E-state index contributed by atoms with van der Waals surface area (Å²) in [6.45, 7) is 2.40. The minimum absolute atomic E-state index is 0.0859. The van der Waals surface area contributed by atoms with E-state index in [1.165, 1.54) is 17.4 Å². The number of nitrogens with one attached hydrogen (secondary N) is 1. The number of unbranched alkanes of at least 4 members (excludes halogenated alkanes) is 1. The van der Waals surface area contributed by atoms with Crippen LogP contribution in [0.15, 0.2) is 42.0 Å². The lowest BCUT2D eigenvalue weighted by Crippen LogP contribution is -2.38. The van der Waals surface area contributed by atoms with Crippen molar-refractivity contribution in [2.24, 2.45) is 5.92 Å². The number of aromatic nitrogens is 2. The molecular formula is C21H26N4O2S. The molecule has 0 aromatic carbocycles. The average Bonchev–Trinajstić information content (AvgIpc) is 3.28. The Bertz CT molecular complexity index is 769. The molecule has 148 valence electrons. The molecule has 1 N–H and O–H groups in total. The maximum absolute atomic E-state index is 12.4. The fraction of sp³-hybridized carbons (Fsp3) is 0.429. The minimum atomic E-state index is -0.0859. The SMILES string of the molecule is O=C(/C=C/c1ccnnc1)NCCCCC1CCN(C(=O)c2cccs2)CC1. The van der Waals surface area contributed by atoms with E-state index in [0.717, 1.165) is 55.6 Å². The Morgan fingerprint density at radius 1 is 1.21 bits per heavy atom. The van der Waals surface area contributed by atoms with Gasteiger partial charge in [0.15, 0.2) is 0 Å². The summed E-state index contributed by atoms with van der Waals surface area (Å²) in [6, 6.07) is 5.63. The van der Waals surface area contributed by atoms with E-state index in [1.807, 2.05) is 22.4 Å². The first kappa shape index (κ1) is 20.2. The Balaban J connectivity index is 1.26. The fourth-order valence-corrected chi connectivity index (χ4v) is 4.07. The first-order valence-corrected chi connectivity index (χ1v) is 10.7. The van der Waals surface area contributed by atoms with Gasteiger partial charge in [0.2, 0.25) is 5.91 Å². The predicted octanol–water partition coefficient (Wildman–Crippen LogP) is 3.39. The van der Waals surface area contributed by atoms with Gasteiger partial charge in [0, 0.05) is 25.7 Å². The fourth-order valence-electron chi connectivity index (χ4n) is 3.38. The Hall–Kier alpha value is -2.54. The van der Waals surface area contributed by atoms with Gasteiger partial charge in [-0.05, 0) is 54.3 Å². The number of thiophene rings is 1. The van der Waals surface area contributed by atoms with Gasteiger partial charge in [-0.3, -0.25) is 9.59 Å². The molecule has 1 aliphatic heterocycles. The highest BCUT2D eigenvalue weighted by Gasteiger charge is 2.23. The lowest BCUT2D eigenvalue weighted by Gasteiger charge is -2.31. The van der Waals surface area contributed by atoms with Crippen molar-refractivity contribution in [3.8, 4) is 0 Å². The third-order valence-electron chi connectivity index (χ3n) is 5.01. The molecule has 0 saturated carbocycles. The minimum Gasteiger partial charge on any atom is -0.353 e. The summed E-state index contributed by atoms with van der Waals surface area (Å²) < 4.78 is 0. The molecule has 0 atom stereocenters. The summed E-state index contributed by atoms with van der Waals surface area (Å²) in [5, 5.41) is 12.3. The molecule has 0 radical (unpaired) electrons. The summed E-state index contributed by atoms with van der Waals surface area (Å²) >= 11 is 1.51. The van der Waals surface area contributed by atoms with Gasteiger partial charge in [-0.25, -0.2) is 0 Å². The second-order valence-electron chi connectivity index (χ2n) is 7.01. The smallest absolute Gasteiger partial charge is 0.263 e. The Morgan fingerprint density at radius 3 is 2.79 bits per heavy atom. The van der Waals surface area contributed by atoms with E-state index in [1.54, 1.807) is 24.5 Å². The lowest BCUT2D eigenvalue weighted by atomic mass is 9.91. The van der Waals surface area contributed by atoms with Gasteiger partial charge in [-0.2, -0.15) is 10.2 Å². The third kappa shape index (κ3) is 6.27. The molecule has 2 amide bonds. The number of nitrogens with zero attached hydrogens (tertiary/aromatic N) is 3. The number of likely N-dealkylation sites (tertiary alicyclic amines) is 1. The summed E-state index contributed by atoms with van der Waals surface area (Å²) in [7, 11) is 0. The number of hydrogen-bond acceptors (Lipinski definition) is 5. The van der Waals surface area contributed by atoms with Crippen LogP contribution in [0.3, 0.4) is 0 Å². The van der Waals surface area contributed by atoms with Crippen LogP contribution in [0.4, 0.5) is 0 Å². The van der Waals surface area contributed by atoms with Gasteiger partial charge in [0.25, 0.3) is 5.91 Å². The lowest BCUT2D eigenvalue weighted by molar-refractivity contribution is -0.116. The van der Waals surface area contributed by atoms with E-state index >= 15 is 0 Å². The molecular weight excluding hydrogens is 372 g/mol. The van der Waals surface area contributed by atoms with E-state index in [-0.39, 0.29) is 11.8 Å². The molecule has 2 aromatic rings. The van der Waals surface area contributed by atoms with Crippen LogP contribution in [-0.4, -0.2) is 46.5 Å². The molecule has 0 unspecified atom stereocenters. The first-order valence-electron chi connectivity index (χ1n) is 9.78. The van der Waals surface area contributed by atoms with Crippen molar-refractivity contribution in [2.45, 2.75) is 32.1 Å². The molecule has 28 heavy (non-hydrogen) atoms. The molecule has 1 fully saturated rings. The van der Waals surface area contributed by atoms with Gasteiger partial charge in [0.1, 0.15) is 0 Å². The number of amides is 2. The van der Waals surface area contributed by atoms with Crippen LogP contribution in [0, 0.1) is 5.92 Å². The normalized spacial score (nSPS) is 15.1. The standard InChI is InChI=1S/C21H26N4O2S/c26-20(7-6-18-8-12-23-24-16-18)22-11-2-1-4-17-9-13-25(14-10-17)21(27)19-5-3-15-28-19/h3,5-8,12,15-17H,1-2,4,9-11,13-14H2,(H,22,26)/b7-6+. The Morgan fingerprint density at radius 2 is 2.07 bits per heavy atom. The zero-order chi connectivity index (χ0) is 19.6. The Labute approximate surface area is 169 Å². The molecule has 3 rings (SSSR count). The van der Waals surface area contributed by atoms with Crippen molar-refractivity contribution in [3.63, 3.8) is 0 Å². The molecule has 0 bridgehead atoms. The van der Waals surface area contributed by atoms with Crippen molar-refractivity contribution in [2.75, 3.05) is 19.6 Å². The van der Waals surface area contributed by atoms with E-state index in [9.17, 15) is 9.59 Å². The second kappa shape index (κ2) is 10.7. The second-order valence-corrected chi connectivity index (χ2v) is 7.96. The summed E-state index contributed by atoms with van der Waals surface area (Å²) in [6.07, 6.45) is 11.9. The highest BCUT2D eigenvalue weighted by molar-refractivity contribution is 7.12. The summed E-state index contributed by atoms with van der Waals surface area (Å²) in [5.41, 5.74) is 0.856. The van der Waals surface area contributed by atoms with Gasteiger partial charge < -0.3 is 10.2 Å². The van der Waals surface area contributed by atoms with Crippen LogP contribution in [0.25, 0.3) is 6.08 Å². The molecule has 2 aromatic heterocycles. The Kier molecular flexibility index (Phi) is 7.72. The predicted molar refractivity (Wildman–Crippen MR) is 111 cm³/mol. The van der Waals surface area contributed by atoms with Gasteiger partial charge in [-0.15, -0.1) is 11.3 Å². The van der Waals surface area contributed by atoms with Crippen molar-refractivity contribution in [1.29, 1.82) is 0 Å². The molecule has 3 heterocycles. The molecule has 7 heteroatoms. The van der Waals surface area contributed by atoms with Gasteiger partial charge in [-0.1, -0.05) is 18.9 Å². The van der Waals surface area contributed by atoms with Crippen LogP contribution in [0.2, 0.25) is 0 Å². The largest absolute Gasteiger partial charge is 0.353 e. The number of hydrogen-bond donors (Lipinski definition) is 1. The molecule has 6 nitrogen and oxygen atoms in total. The highest BCUT2D eigenvalue weighted by atomic mass is 32.1. The van der Waals surface area contributed by atoms with Crippen molar-refractivity contribution >= 4 is 29.2 Å². The quantitative estimate of drug-likeness (QED) is 0.546. The maximum Gasteiger partial charge on any atom is 0.263 e. The number of carbonyl (C=O) groups is 2.